The number of carbonyl (C=O) groups is 1. The summed E-state index contributed by atoms with van der Waals surface area (Å²) in [5.74, 6) is -2.34. The first-order chi connectivity index (χ1) is 15.2. The molecule has 2 aliphatic rings. The summed E-state index contributed by atoms with van der Waals surface area (Å²) >= 11 is 0. The zero-order chi connectivity index (χ0) is 23.0. The Balaban J connectivity index is 1.67. The van der Waals surface area contributed by atoms with Gasteiger partial charge in [0.25, 0.3) is 14.1 Å². The molecule has 32 heavy (non-hydrogen) atoms. The van der Waals surface area contributed by atoms with Crippen LogP contribution < -0.4 is 10.4 Å². The van der Waals surface area contributed by atoms with Gasteiger partial charge in [0.15, 0.2) is 0 Å². The fourth-order valence-corrected chi connectivity index (χ4v) is 9.50. The van der Waals surface area contributed by atoms with Crippen LogP contribution in [0.25, 0.3) is 0 Å². The van der Waals surface area contributed by atoms with E-state index in [9.17, 15) is 9.18 Å². The molecule has 2 aromatic rings. The average Bonchev–Trinajstić information content (AvgIpc) is 3.31. The van der Waals surface area contributed by atoms with Crippen molar-refractivity contribution in [3.05, 3.63) is 60.7 Å². The van der Waals surface area contributed by atoms with E-state index in [0.29, 0.717) is 0 Å². The SMILES string of the molecule is CCOC(=O)C12CC(F)C(O1)C(CO[Si](c1ccccc1)(c1ccccc1)C(C)(C)C)O2. The van der Waals surface area contributed by atoms with E-state index in [1.54, 1.807) is 6.92 Å². The zero-order valence-corrected chi connectivity index (χ0v) is 20.0. The van der Waals surface area contributed by atoms with Crippen LogP contribution in [0.2, 0.25) is 5.04 Å². The van der Waals surface area contributed by atoms with Crippen molar-refractivity contribution in [2.45, 2.75) is 63.3 Å². The molecule has 0 N–H and O–H groups in total. The molecule has 2 saturated heterocycles. The second-order valence-corrected chi connectivity index (χ2v) is 13.7. The van der Waals surface area contributed by atoms with E-state index >= 15 is 0 Å². The maximum atomic E-state index is 14.8. The first-order valence-corrected chi connectivity index (χ1v) is 13.1. The summed E-state index contributed by atoms with van der Waals surface area (Å²) in [4.78, 5) is 12.4. The summed E-state index contributed by atoms with van der Waals surface area (Å²) in [6.07, 6.45) is -2.99. The summed E-state index contributed by atoms with van der Waals surface area (Å²) in [6, 6.07) is 20.4. The van der Waals surface area contributed by atoms with Crippen LogP contribution in [-0.2, 0) is 23.4 Å². The highest BCUT2D eigenvalue weighted by Gasteiger charge is 2.64. The van der Waals surface area contributed by atoms with Crippen LogP contribution in [0.4, 0.5) is 4.39 Å². The molecule has 0 amide bonds. The van der Waals surface area contributed by atoms with Crippen molar-refractivity contribution in [2.24, 2.45) is 0 Å². The first-order valence-electron chi connectivity index (χ1n) is 11.2. The molecule has 4 atom stereocenters. The Morgan fingerprint density at radius 1 is 1.06 bits per heavy atom. The summed E-state index contributed by atoms with van der Waals surface area (Å²) in [7, 11) is -2.81. The van der Waals surface area contributed by atoms with Gasteiger partial charge < -0.3 is 18.6 Å². The van der Waals surface area contributed by atoms with E-state index in [0.717, 1.165) is 10.4 Å². The Hall–Kier alpha value is -2.06. The average molecular weight is 459 g/mol. The van der Waals surface area contributed by atoms with Crippen LogP contribution in [0.5, 0.6) is 0 Å². The Labute approximate surface area is 190 Å². The van der Waals surface area contributed by atoms with E-state index in [-0.39, 0.29) is 24.7 Å². The lowest BCUT2D eigenvalue weighted by molar-refractivity contribution is -0.208. The van der Waals surface area contributed by atoms with Crippen molar-refractivity contribution in [1.29, 1.82) is 0 Å². The van der Waals surface area contributed by atoms with Crippen LogP contribution >= 0.6 is 0 Å². The zero-order valence-electron chi connectivity index (χ0n) is 19.0. The minimum atomic E-state index is -2.81. The minimum absolute atomic E-state index is 0.125. The van der Waals surface area contributed by atoms with Crippen molar-refractivity contribution in [1.82, 2.24) is 0 Å². The van der Waals surface area contributed by atoms with Crippen molar-refractivity contribution in [3.63, 3.8) is 0 Å². The third-order valence-corrected chi connectivity index (χ3v) is 11.3. The van der Waals surface area contributed by atoms with Gasteiger partial charge in [0.1, 0.15) is 18.4 Å². The van der Waals surface area contributed by atoms with Gasteiger partial charge in [-0.15, -0.1) is 0 Å². The number of esters is 1. The van der Waals surface area contributed by atoms with Gasteiger partial charge in [-0.2, -0.15) is 0 Å². The smallest absolute Gasteiger partial charge is 0.367 e. The lowest BCUT2D eigenvalue weighted by Crippen LogP contribution is -2.67. The molecular formula is C25H31FO5Si. The highest BCUT2D eigenvalue weighted by atomic mass is 28.4. The van der Waals surface area contributed by atoms with E-state index in [2.05, 4.69) is 45.0 Å². The Morgan fingerprint density at radius 2 is 1.62 bits per heavy atom. The molecular weight excluding hydrogens is 427 g/mol. The molecule has 2 aliphatic heterocycles. The topological polar surface area (TPSA) is 54.0 Å². The highest BCUT2D eigenvalue weighted by molar-refractivity contribution is 6.99. The standard InChI is InChI=1S/C25H31FO5Si/c1-5-28-23(27)25-16-20(26)22(31-25)21(30-25)17-29-32(24(2,3)4,18-12-8-6-9-13-18)19-14-10-7-11-15-19/h6-15,20-22H,5,16-17H2,1-4H3. The quantitative estimate of drug-likeness (QED) is 0.471. The fourth-order valence-electron chi connectivity index (χ4n) is 4.93. The van der Waals surface area contributed by atoms with Gasteiger partial charge in [-0.3, -0.25) is 0 Å². The monoisotopic (exact) mass is 458 g/mol. The summed E-state index contributed by atoms with van der Waals surface area (Å²) in [5, 5.41) is 2.03. The first kappa shape index (κ1) is 23.1. The maximum Gasteiger partial charge on any atom is 0.367 e. The predicted molar refractivity (Wildman–Crippen MR) is 122 cm³/mol. The molecule has 0 radical (unpaired) electrons. The Bertz CT molecular complexity index is 893. The number of alkyl halides is 1. The van der Waals surface area contributed by atoms with Crippen LogP contribution in [0.3, 0.4) is 0 Å². The van der Waals surface area contributed by atoms with Crippen LogP contribution in [0.1, 0.15) is 34.1 Å². The van der Waals surface area contributed by atoms with E-state index in [1.165, 1.54) is 0 Å². The highest BCUT2D eigenvalue weighted by Crippen LogP contribution is 2.45. The number of carbonyl (C=O) groups excluding carboxylic acids is 1. The van der Waals surface area contributed by atoms with Gasteiger partial charge in [-0.05, 0) is 22.3 Å². The lowest BCUT2D eigenvalue weighted by atomic mass is 10.0. The maximum absolute atomic E-state index is 14.8. The van der Waals surface area contributed by atoms with Crippen LogP contribution in [-0.4, -0.2) is 51.7 Å². The molecule has 2 fully saturated rings. The van der Waals surface area contributed by atoms with Gasteiger partial charge in [-0.1, -0.05) is 81.4 Å². The van der Waals surface area contributed by atoms with E-state index in [1.807, 2.05) is 36.4 Å². The minimum Gasteiger partial charge on any atom is -0.462 e. The molecule has 4 unspecified atom stereocenters. The van der Waals surface area contributed by atoms with Crippen molar-refractivity contribution < 1.29 is 27.8 Å². The fraction of sp³-hybridized carbons (Fsp3) is 0.480. The van der Waals surface area contributed by atoms with Crippen molar-refractivity contribution in [2.75, 3.05) is 13.2 Å². The molecule has 2 bridgehead atoms. The predicted octanol–water partition coefficient (Wildman–Crippen LogP) is 3.35. The summed E-state index contributed by atoms with van der Waals surface area (Å²) in [5.41, 5.74) is 0. The molecule has 5 nitrogen and oxygen atoms in total. The second kappa shape index (κ2) is 8.70. The number of benzene rings is 2. The normalized spacial score (nSPS) is 27.5. The molecule has 172 valence electrons. The third kappa shape index (κ3) is 3.81. The van der Waals surface area contributed by atoms with Crippen molar-refractivity contribution in [3.8, 4) is 0 Å². The Kier molecular flexibility index (Phi) is 6.29. The third-order valence-electron chi connectivity index (χ3n) is 6.32. The summed E-state index contributed by atoms with van der Waals surface area (Å²) < 4.78 is 38.4. The molecule has 0 aromatic heterocycles. The number of rotatable bonds is 7. The van der Waals surface area contributed by atoms with Crippen LogP contribution in [0.15, 0.2) is 60.7 Å². The summed E-state index contributed by atoms with van der Waals surface area (Å²) in [6.45, 7) is 8.53. The van der Waals surface area contributed by atoms with Gasteiger partial charge in [0.2, 0.25) is 0 Å². The largest absolute Gasteiger partial charge is 0.462 e. The molecule has 0 spiro atoms. The lowest BCUT2D eigenvalue weighted by Gasteiger charge is -2.43. The number of halogens is 1. The molecule has 0 aliphatic carbocycles. The van der Waals surface area contributed by atoms with Crippen LogP contribution in [0, 0.1) is 0 Å². The van der Waals surface area contributed by atoms with E-state index < -0.39 is 38.5 Å². The molecule has 4 rings (SSSR count). The number of fused-ring (bicyclic) bond motifs is 2. The number of hydrogen-bond donors (Lipinski definition) is 0. The van der Waals surface area contributed by atoms with Gasteiger partial charge >= 0.3 is 5.97 Å². The molecule has 7 heteroatoms. The van der Waals surface area contributed by atoms with Crippen molar-refractivity contribution >= 4 is 24.7 Å². The van der Waals surface area contributed by atoms with Gasteiger partial charge in [0.05, 0.1) is 13.2 Å². The Morgan fingerprint density at radius 3 is 2.12 bits per heavy atom. The second-order valence-electron chi connectivity index (χ2n) is 9.41. The van der Waals surface area contributed by atoms with E-state index in [4.69, 9.17) is 18.6 Å². The molecule has 2 aromatic carbocycles. The number of ether oxygens (including phenoxy) is 3. The molecule has 2 heterocycles. The number of hydrogen-bond acceptors (Lipinski definition) is 5. The molecule has 0 saturated carbocycles. The van der Waals surface area contributed by atoms with Gasteiger partial charge in [-0.25, -0.2) is 9.18 Å². The van der Waals surface area contributed by atoms with Gasteiger partial charge in [0, 0.05) is 6.42 Å².